The van der Waals surface area contributed by atoms with Crippen LogP contribution in [0, 0.1) is 0 Å². The molecule has 2 rings (SSSR count). The fraction of sp³-hybridized carbons (Fsp3) is 0.333. The first-order valence-corrected chi connectivity index (χ1v) is 6.33. The second-order valence-corrected chi connectivity index (χ2v) is 4.66. The molecule has 6 heteroatoms. The molecule has 0 saturated carbocycles. The van der Waals surface area contributed by atoms with E-state index in [1.165, 1.54) is 5.56 Å². The van der Waals surface area contributed by atoms with E-state index >= 15 is 0 Å². The molecule has 0 amide bonds. The number of rotatable bonds is 4. The van der Waals surface area contributed by atoms with E-state index in [0.29, 0.717) is 0 Å². The van der Waals surface area contributed by atoms with Gasteiger partial charge in [0.15, 0.2) is 4.60 Å². The number of methoxy groups -OCH3 is 1. The van der Waals surface area contributed by atoms with E-state index in [4.69, 9.17) is 4.74 Å². The van der Waals surface area contributed by atoms with Crippen LogP contribution in [0.1, 0.15) is 5.56 Å². The van der Waals surface area contributed by atoms with Crippen LogP contribution >= 0.6 is 15.9 Å². The van der Waals surface area contributed by atoms with Crippen molar-refractivity contribution in [3.8, 4) is 17.0 Å². The minimum atomic E-state index is 0.732. The van der Waals surface area contributed by atoms with Crippen molar-refractivity contribution in [2.75, 3.05) is 14.2 Å². The molecule has 2 aromatic rings. The van der Waals surface area contributed by atoms with Crippen LogP contribution < -0.4 is 10.1 Å². The van der Waals surface area contributed by atoms with Crippen LogP contribution in [0.5, 0.6) is 5.75 Å². The zero-order valence-corrected chi connectivity index (χ0v) is 12.2. The molecule has 0 aliphatic rings. The van der Waals surface area contributed by atoms with Crippen LogP contribution in [-0.4, -0.2) is 29.2 Å². The van der Waals surface area contributed by atoms with Gasteiger partial charge >= 0.3 is 0 Å². The summed E-state index contributed by atoms with van der Waals surface area (Å²) < 4.78 is 7.76. The summed E-state index contributed by atoms with van der Waals surface area (Å²) in [6.45, 7) is 0.775. The molecule has 96 valence electrons. The molecule has 0 saturated heterocycles. The molecule has 1 N–H and O–H groups in total. The summed E-state index contributed by atoms with van der Waals surface area (Å²) in [4.78, 5) is 0. The maximum absolute atomic E-state index is 5.28. The second kappa shape index (κ2) is 5.49. The predicted molar refractivity (Wildman–Crippen MR) is 73.5 cm³/mol. The van der Waals surface area contributed by atoms with Gasteiger partial charge in [-0.3, -0.25) is 0 Å². The molecule has 0 unspecified atom stereocenters. The van der Waals surface area contributed by atoms with E-state index in [1.807, 2.05) is 32.3 Å². The van der Waals surface area contributed by atoms with Crippen LogP contribution in [0.2, 0.25) is 0 Å². The minimum absolute atomic E-state index is 0.732. The first kappa shape index (κ1) is 13.0. The third-order valence-corrected chi connectivity index (χ3v) is 3.26. The van der Waals surface area contributed by atoms with Gasteiger partial charge in [0.2, 0.25) is 0 Å². The number of hydrogen-bond donors (Lipinski definition) is 1. The Bertz CT molecular complexity index is 534. The lowest BCUT2D eigenvalue weighted by molar-refractivity contribution is 0.414. The Morgan fingerprint density at radius 1 is 1.44 bits per heavy atom. The van der Waals surface area contributed by atoms with Crippen LogP contribution in [0.25, 0.3) is 11.3 Å². The van der Waals surface area contributed by atoms with Crippen molar-refractivity contribution in [1.29, 1.82) is 0 Å². The highest BCUT2D eigenvalue weighted by molar-refractivity contribution is 9.10. The van der Waals surface area contributed by atoms with Crippen molar-refractivity contribution in [1.82, 2.24) is 20.3 Å². The van der Waals surface area contributed by atoms with Crippen molar-refractivity contribution >= 4 is 15.9 Å². The van der Waals surface area contributed by atoms with E-state index < -0.39 is 0 Å². The Kier molecular flexibility index (Phi) is 3.98. The van der Waals surface area contributed by atoms with Gasteiger partial charge in [0.1, 0.15) is 11.4 Å². The monoisotopic (exact) mass is 310 g/mol. The van der Waals surface area contributed by atoms with Crippen LogP contribution in [0.3, 0.4) is 0 Å². The molecule has 0 bridgehead atoms. The molecule has 0 radical (unpaired) electrons. The number of hydrogen-bond acceptors (Lipinski definition) is 4. The van der Waals surface area contributed by atoms with Crippen molar-refractivity contribution < 1.29 is 4.74 Å². The molecular weight excluding hydrogens is 296 g/mol. The van der Waals surface area contributed by atoms with E-state index in [9.17, 15) is 0 Å². The summed E-state index contributed by atoms with van der Waals surface area (Å²) in [5.74, 6) is 0.818. The third kappa shape index (κ3) is 2.39. The highest BCUT2D eigenvalue weighted by atomic mass is 79.9. The summed E-state index contributed by atoms with van der Waals surface area (Å²) in [6, 6.07) is 5.99. The Morgan fingerprint density at radius 2 is 2.22 bits per heavy atom. The average molecular weight is 311 g/mol. The second-order valence-electron chi connectivity index (χ2n) is 3.91. The molecule has 0 aliphatic heterocycles. The van der Waals surface area contributed by atoms with Gasteiger partial charge < -0.3 is 10.1 Å². The quantitative estimate of drug-likeness (QED) is 0.938. The Morgan fingerprint density at radius 3 is 2.78 bits per heavy atom. The summed E-state index contributed by atoms with van der Waals surface area (Å²) in [5.41, 5.74) is 3.17. The largest absolute Gasteiger partial charge is 0.497 e. The highest BCUT2D eigenvalue weighted by Gasteiger charge is 2.15. The lowest BCUT2D eigenvalue weighted by Gasteiger charge is -2.11. The molecule has 5 nitrogen and oxygen atoms in total. The maximum atomic E-state index is 5.28. The van der Waals surface area contributed by atoms with Gasteiger partial charge in [0, 0.05) is 19.2 Å². The predicted octanol–water partition coefficient (Wildman–Crippen LogP) is 1.97. The highest BCUT2D eigenvalue weighted by Crippen LogP contribution is 2.31. The Balaban J connectivity index is 2.59. The van der Waals surface area contributed by atoms with Gasteiger partial charge in [-0.25, -0.2) is 4.68 Å². The molecule has 1 aromatic carbocycles. The van der Waals surface area contributed by atoms with Gasteiger partial charge in [0.25, 0.3) is 0 Å². The van der Waals surface area contributed by atoms with Crippen molar-refractivity contribution in [3.63, 3.8) is 0 Å². The molecular formula is C12H15BrN4O. The Hall–Kier alpha value is -1.40. The van der Waals surface area contributed by atoms with Crippen molar-refractivity contribution in [3.05, 3.63) is 28.4 Å². The average Bonchev–Trinajstić information content (AvgIpc) is 2.70. The van der Waals surface area contributed by atoms with Gasteiger partial charge in [-0.15, -0.1) is 5.10 Å². The molecule has 1 heterocycles. The SMILES string of the molecule is CNCc1ccc(OC)cc1-c1c(Br)nnn1C. The molecule has 1 aromatic heterocycles. The lowest BCUT2D eigenvalue weighted by Crippen LogP contribution is -2.07. The lowest BCUT2D eigenvalue weighted by atomic mass is 10.0. The van der Waals surface area contributed by atoms with Crippen molar-refractivity contribution in [2.45, 2.75) is 6.54 Å². The molecule has 0 fully saturated rings. The summed E-state index contributed by atoms with van der Waals surface area (Å²) >= 11 is 3.43. The van der Waals surface area contributed by atoms with Crippen LogP contribution in [-0.2, 0) is 13.6 Å². The smallest absolute Gasteiger partial charge is 0.156 e. The van der Waals surface area contributed by atoms with E-state index in [1.54, 1.807) is 11.8 Å². The van der Waals surface area contributed by atoms with E-state index in [-0.39, 0.29) is 0 Å². The standard InChI is InChI=1S/C12H15BrN4O/c1-14-7-8-4-5-9(18-3)6-10(8)11-12(13)15-16-17(11)2/h4-6,14H,7H2,1-3H3. The fourth-order valence-corrected chi connectivity index (χ4v) is 2.41. The third-order valence-electron chi connectivity index (χ3n) is 2.73. The number of halogens is 1. The topological polar surface area (TPSA) is 52.0 Å². The number of nitrogens with one attached hydrogen (secondary N) is 1. The van der Waals surface area contributed by atoms with Crippen molar-refractivity contribution in [2.24, 2.45) is 7.05 Å². The molecule has 0 spiro atoms. The summed E-state index contributed by atoms with van der Waals surface area (Å²) in [6.07, 6.45) is 0. The number of benzene rings is 1. The van der Waals surface area contributed by atoms with Crippen LogP contribution in [0.15, 0.2) is 22.8 Å². The number of ether oxygens (including phenoxy) is 1. The van der Waals surface area contributed by atoms with Gasteiger partial charge in [-0.1, -0.05) is 11.3 Å². The normalized spacial score (nSPS) is 10.7. The molecule has 18 heavy (non-hydrogen) atoms. The fourth-order valence-electron chi connectivity index (χ4n) is 1.86. The number of aryl methyl sites for hydroxylation is 1. The Labute approximate surface area is 114 Å². The van der Waals surface area contributed by atoms with E-state index in [2.05, 4.69) is 31.6 Å². The minimum Gasteiger partial charge on any atom is -0.497 e. The van der Waals surface area contributed by atoms with Gasteiger partial charge in [-0.05, 0) is 40.7 Å². The first-order valence-electron chi connectivity index (χ1n) is 5.54. The molecule has 0 atom stereocenters. The zero-order chi connectivity index (χ0) is 13.1. The number of aromatic nitrogens is 3. The van der Waals surface area contributed by atoms with Gasteiger partial charge in [-0.2, -0.15) is 0 Å². The van der Waals surface area contributed by atoms with Gasteiger partial charge in [0.05, 0.1) is 7.11 Å². The van der Waals surface area contributed by atoms with E-state index in [0.717, 1.165) is 28.2 Å². The summed E-state index contributed by atoms with van der Waals surface area (Å²) in [7, 11) is 5.45. The first-order chi connectivity index (χ1) is 8.67. The summed E-state index contributed by atoms with van der Waals surface area (Å²) in [5, 5.41) is 11.2. The zero-order valence-electron chi connectivity index (χ0n) is 10.6. The maximum Gasteiger partial charge on any atom is 0.156 e. The van der Waals surface area contributed by atoms with Crippen LogP contribution in [0.4, 0.5) is 0 Å². The molecule has 0 aliphatic carbocycles. The number of nitrogens with zero attached hydrogens (tertiary/aromatic N) is 3.